The van der Waals surface area contributed by atoms with Gasteiger partial charge in [0.2, 0.25) is 0 Å². The van der Waals surface area contributed by atoms with Gasteiger partial charge >= 0.3 is 0 Å². The molecule has 0 unspecified atom stereocenters. The Morgan fingerprint density at radius 3 is 2.91 bits per heavy atom. The lowest BCUT2D eigenvalue weighted by atomic mass is 10.1. The first-order valence-electron chi connectivity index (χ1n) is 3.93. The van der Waals surface area contributed by atoms with Gasteiger partial charge in [0.15, 0.2) is 0 Å². The number of aryl methyl sites for hydroxylation is 1. The summed E-state index contributed by atoms with van der Waals surface area (Å²) in [5, 5.41) is 9.55. The van der Waals surface area contributed by atoms with Gasteiger partial charge in [0, 0.05) is 11.8 Å². The highest BCUT2D eigenvalue weighted by Gasteiger charge is 2.26. The van der Waals surface area contributed by atoms with Crippen LogP contribution in [0, 0.1) is 6.92 Å². The van der Waals surface area contributed by atoms with Crippen LogP contribution in [0.15, 0.2) is 12.3 Å². The fraction of sp³-hybridized carbons (Fsp3) is 0.444. The van der Waals surface area contributed by atoms with Crippen LogP contribution in [0.1, 0.15) is 30.0 Å². The van der Waals surface area contributed by atoms with Crippen molar-refractivity contribution >= 4 is 0 Å². The van der Waals surface area contributed by atoms with Crippen LogP contribution in [-0.4, -0.2) is 10.1 Å². The molecule has 1 saturated carbocycles. The topological polar surface area (TPSA) is 33.1 Å². The molecule has 11 heavy (non-hydrogen) atoms. The molecule has 0 atom stereocenters. The SMILES string of the molecule is Cc1nccc(C2CC2)c1O. The molecule has 2 nitrogen and oxygen atoms in total. The second kappa shape index (κ2) is 2.22. The maximum atomic E-state index is 9.55. The summed E-state index contributed by atoms with van der Waals surface area (Å²) in [6, 6.07) is 1.92. The molecule has 0 aliphatic heterocycles. The predicted octanol–water partition coefficient (Wildman–Crippen LogP) is 1.97. The molecule has 0 aromatic carbocycles. The van der Waals surface area contributed by atoms with Crippen LogP contribution < -0.4 is 0 Å². The van der Waals surface area contributed by atoms with E-state index in [0.717, 1.165) is 11.3 Å². The van der Waals surface area contributed by atoms with E-state index < -0.39 is 0 Å². The third kappa shape index (κ3) is 1.09. The molecule has 2 rings (SSSR count). The maximum absolute atomic E-state index is 9.55. The van der Waals surface area contributed by atoms with Crippen molar-refractivity contribution in [3.8, 4) is 5.75 Å². The number of rotatable bonds is 1. The van der Waals surface area contributed by atoms with Gasteiger partial charge in [-0.25, -0.2) is 0 Å². The van der Waals surface area contributed by atoms with Gasteiger partial charge in [-0.2, -0.15) is 0 Å². The van der Waals surface area contributed by atoms with E-state index in [1.165, 1.54) is 12.8 Å². The summed E-state index contributed by atoms with van der Waals surface area (Å²) >= 11 is 0. The van der Waals surface area contributed by atoms with Gasteiger partial charge in [0.05, 0.1) is 5.69 Å². The minimum Gasteiger partial charge on any atom is -0.506 e. The van der Waals surface area contributed by atoms with E-state index in [0.29, 0.717) is 11.7 Å². The van der Waals surface area contributed by atoms with Gasteiger partial charge < -0.3 is 5.11 Å². The van der Waals surface area contributed by atoms with Crippen LogP contribution in [-0.2, 0) is 0 Å². The Labute approximate surface area is 65.9 Å². The van der Waals surface area contributed by atoms with E-state index >= 15 is 0 Å². The lowest BCUT2D eigenvalue weighted by Gasteiger charge is -2.02. The largest absolute Gasteiger partial charge is 0.506 e. The van der Waals surface area contributed by atoms with E-state index in [2.05, 4.69) is 4.98 Å². The molecule has 1 aliphatic rings. The first kappa shape index (κ1) is 6.65. The van der Waals surface area contributed by atoms with Gasteiger partial charge in [0.25, 0.3) is 0 Å². The van der Waals surface area contributed by atoms with Gasteiger partial charge in [-0.1, -0.05) is 0 Å². The fourth-order valence-corrected chi connectivity index (χ4v) is 1.30. The number of aromatic hydroxyl groups is 1. The van der Waals surface area contributed by atoms with Gasteiger partial charge in [-0.3, -0.25) is 4.98 Å². The minimum atomic E-state index is 0.398. The van der Waals surface area contributed by atoms with Crippen molar-refractivity contribution in [2.45, 2.75) is 25.7 Å². The molecule has 1 heterocycles. The van der Waals surface area contributed by atoms with Crippen molar-refractivity contribution in [3.05, 3.63) is 23.5 Å². The Bertz CT molecular complexity index is 279. The Morgan fingerprint density at radius 1 is 1.55 bits per heavy atom. The Morgan fingerprint density at radius 2 is 2.27 bits per heavy atom. The quantitative estimate of drug-likeness (QED) is 0.662. The average Bonchev–Trinajstić information content (AvgIpc) is 2.77. The predicted molar refractivity (Wildman–Crippen MR) is 42.6 cm³/mol. The van der Waals surface area contributed by atoms with E-state index in [1.807, 2.05) is 13.0 Å². The molecule has 1 aromatic rings. The first-order chi connectivity index (χ1) is 5.29. The van der Waals surface area contributed by atoms with Crippen LogP contribution in [0.25, 0.3) is 0 Å². The van der Waals surface area contributed by atoms with Crippen LogP contribution in [0.3, 0.4) is 0 Å². The molecule has 58 valence electrons. The maximum Gasteiger partial charge on any atom is 0.140 e. The summed E-state index contributed by atoms with van der Waals surface area (Å²) in [5.74, 6) is 1.01. The molecule has 0 saturated heterocycles. The molecule has 2 heteroatoms. The summed E-state index contributed by atoms with van der Waals surface area (Å²) in [5.41, 5.74) is 1.83. The van der Waals surface area contributed by atoms with Crippen LogP contribution in [0.4, 0.5) is 0 Å². The highest BCUT2D eigenvalue weighted by molar-refractivity contribution is 5.39. The molecule has 0 bridgehead atoms. The normalized spacial score (nSPS) is 16.8. The zero-order valence-corrected chi connectivity index (χ0v) is 6.54. The summed E-state index contributed by atoms with van der Waals surface area (Å²) in [6.07, 6.45) is 4.21. The van der Waals surface area contributed by atoms with Crippen molar-refractivity contribution < 1.29 is 5.11 Å². The average molecular weight is 149 g/mol. The van der Waals surface area contributed by atoms with Gasteiger partial charge in [0.1, 0.15) is 5.75 Å². The zero-order chi connectivity index (χ0) is 7.84. The van der Waals surface area contributed by atoms with Crippen molar-refractivity contribution in [1.29, 1.82) is 0 Å². The number of hydrogen-bond donors (Lipinski definition) is 1. The second-order valence-corrected chi connectivity index (χ2v) is 3.11. The van der Waals surface area contributed by atoms with Gasteiger partial charge in [-0.05, 0) is 31.7 Å². The summed E-state index contributed by atoms with van der Waals surface area (Å²) < 4.78 is 0. The molecular weight excluding hydrogens is 138 g/mol. The summed E-state index contributed by atoms with van der Waals surface area (Å²) in [6.45, 7) is 1.83. The smallest absolute Gasteiger partial charge is 0.140 e. The highest BCUT2D eigenvalue weighted by atomic mass is 16.3. The van der Waals surface area contributed by atoms with Crippen LogP contribution in [0.5, 0.6) is 5.75 Å². The van der Waals surface area contributed by atoms with Crippen molar-refractivity contribution in [3.63, 3.8) is 0 Å². The van der Waals surface area contributed by atoms with E-state index in [4.69, 9.17) is 0 Å². The second-order valence-electron chi connectivity index (χ2n) is 3.11. The minimum absolute atomic E-state index is 0.398. The fourth-order valence-electron chi connectivity index (χ4n) is 1.30. The molecule has 1 aliphatic carbocycles. The third-order valence-corrected chi connectivity index (χ3v) is 2.16. The number of pyridine rings is 1. The monoisotopic (exact) mass is 149 g/mol. The third-order valence-electron chi connectivity index (χ3n) is 2.16. The zero-order valence-electron chi connectivity index (χ0n) is 6.54. The lowest BCUT2D eigenvalue weighted by Crippen LogP contribution is -1.86. The van der Waals surface area contributed by atoms with Crippen molar-refractivity contribution in [2.24, 2.45) is 0 Å². The Kier molecular flexibility index (Phi) is 1.34. The summed E-state index contributed by atoms with van der Waals surface area (Å²) in [4.78, 5) is 4.00. The Balaban J connectivity index is 2.45. The Hall–Kier alpha value is -1.05. The molecule has 1 N–H and O–H groups in total. The number of aromatic nitrogens is 1. The van der Waals surface area contributed by atoms with Crippen molar-refractivity contribution in [1.82, 2.24) is 4.98 Å². The highest BCUT2D eigenvalue weighted by Crippen LogP contribution is 2.44. The first-order valence-corrected chi connectivity index (χ1v) is 3.93. The van der Waals surface area contributed by atoms with E-state index in [1.54, 1.807) is 6.20 Å². The molecular formula is C9H11NO. The molecule has 1 fully saturated rings. The van der Waals surface area contributed by atoms with Crippen LogP contribution in [0.2, 0.25) is 0 Å². The molecule has 0 amide bonds. The van der Waals surface area contributed by atoms with Crippen LogP contribution >= 0.6 is 0 Å². The van der Waals surface area contributed by atoms with E-state index in [-0.39, 0.29) is 0 Å². The summed E-state index contributed by atoms with van der Waals surface area (Å²) in [7, 11) is 0. The standard InChI is InChI=1S/C9H11NO/c1-6-9(11)8(4-5-10-6)7-2-3-7/h4-5,7,11H,2-3H2,1H3. The van der Waals surface area contributed by atoms with Crippen molar-refractivity contribution in [2.75, 3.05) is 0 Å². The number of hydrogen-bond acceptors (Lipinski definition) is 2. The molecule has 0 radical (unpaired) electrons. The number of nitrogens with zero attached hydrogens (tertiary/aromatic N) is 1. The van der Waals surface area contributed by atoms with Gasteiger partial charge in [-0.15, -0.1) is 0 Å². The molecule has 1 aromatic heterocycles. The molecule has 0 spiro atoms. The van der Waals surface area contributed by atoms with E-state index in [9.17, 15) is 5.11 Å². The lowest BCUT2D eigenvalue weighted by molar-refractivity contribution is 0.460.